The van der Waals surface area contributed by atoms with Crippen LogP contribution in [0.5, 0.6) is 5.75 Å². The molecule has 0 N–H and O–H groups in total. The summed E-state index contributed by atoms with van der Waals surface area (Å²) in [5.74, 6) is 0.539. The summed E-state index contributed by atoms with van der Waals surface area (Å²) in [5.41, 5.74) is 3.75. The molecule has 2 amide bonds. The van der Waals surface area contributed by atoms with Gasteiger partial charge in [0, 0.05) is 0 Å². The van der Waals surface area contributed by atoms with Gasteiger partial charge in [-0.15, -0.1) is 11.8 Å². The van der Waals surface area contributed by atoms with Gasteiger partial charge >= 0.3 is 0 Å². The van der Waals surface area contributed by atoms with Crippen molar-refractivity contribution in [2.45, 2.75) is 20.8 Å². The Morgan fingerprint density at radius 3 is 2.41 bits per heavy atom. The summed E-state index contributed by atoms with van der Waals surface area (Å²) in [6.45, 7) is 5.91. The molecule has 0 radical (unpaired) electrons. The predicted octanol–water partition coefficient (Wildman–Crippen LogP) is 5.00. The Morgan fingerprint density at radius 1 is 1.07 bits per heavy atom. The molecule has 0 aromatic heterocycles. The van der Waals surface area contributed by atoms with E-state index in [4.69, 9.17) is 16.3 Å². The first kappa shape index (κ1) is 19.5. The van der Waals surface area contributed by atoms with Crippen molar-refractivity contribution >= 4 is 46.4 Å². The Balaban J connectivity index is 2.11. The van der Waals surface area contributed by atoms with Crippen molar-refractivity contribution in [3.8, 4) is 5.75 Å². The molecule has 1 aliphatic rings. The van der Waals surface area contributed by atoms with E-state index in [2.05, 4.69) is 0 Å². The van der Waals surface area contributed by atoms with E-state index < -0.39 is 0 Å². The van der Waals surface area contributed by atoms with Gasteiger partial charge in [0.25, 0.3) is 11.8 Å². The number of carbonyl (C=O) groups is 2. The highest BCUT2D eigenvalue weighted by Crippen LogP contribution is 2.40. The fraction of sp³-hybridized carbons (Fsp3) is 0.238. The first-order chi connectivity index (χ1) is 12.9. The number of hydrogen-bond donors (Lipinski definition) is 0. The van der Waals surface area contributed by atoms with Crippen LogP contribution in [0.15, 0.2) is 41.3 Å². The molecule has 1 heterocycles. The van der Waals surface area contributed by atoms with Crippen molar-refractivity contribution in [3.63, 3.8) is 0 Å². The molecule has 0 saturated carbocycles. The maximum absolute atomic E-state index is 13.3. The lowest BCUT2D eigenvalue weighted by Crippen LogP contribution is -2.31. The molecule has 0 aliphatic carbocycles. The summed E-state index contributed by atoms with van der Waals surface area (Å²) < 4.78 is 5.16. The molecule has 0 fully saturated rings. The van der Waals surface area contributed by atoms with Gasteiger partial charge in [-0.3, -0.25) is 9.59 Å². The van der Waals surface area contributed by atoms with Gasteiger partial charge in [-0.1, -0.05) is 42.3 Å². The summed E-state index contributed by atoms with van der Waals surface area (Å²) in [4.78, 5) is 28.0. The van der Waals surface area contributed by atoms with Crippen LogP contribution in [0.4, 0.5) is 5.69 Å². The number of methoxy groups -OCH3 is 1. The van der Waals surface area contributed by atoms with E-state index in [0.29, 0.717) is 32.7 Å². The van der Waals surface area contributed by atoms with Crippen LogP contribution in [0.3, 0.4) is 0 Å². The van der Waals surface area contributed by atoms with E-state index in [0.717, 1.165) is 16.7 Å². The monoisotopic (exact) mass is 401 g/mol. The van der Waals surface area contributed by atoms with Crippen LogP contribution in [0, 0.1) is 13.8 Å². The molecule has 2 aromatic rings. The SMILES string of the molecule is CCSC1=C(c2ccc(C)cc2C)C(=O)N(c2ccc(OC)c(Cl)c2)C1=O. The second-order valence-corrected chi connectivity index (χ2v) is 7.90. The van der Waals surface area contributed by atoms with E-state index >= 15 is 0 Å². The number of thioether (sulfide) groups is 1. The van der Waals surface area contributed by atoms with Crippen molar-refractivity contribution in [2.75, 3.05) is 17.8 Å². The Labute approximate surface area is 168 Å². The Bertz CT molecular complexity index is 968. The molecule has 3 rings (SSSR count). The maximum Gasteiger partial charge on any atom is 0.272 e. The highest BCUT2D eigenvalue weighted by atomic mass is 35.5. The van der Waals surface area contributed by atoms with Gasteiger partial charge in [0.05, 0.1) is 28.3 Å². The highest BCUT2D eigenvalue weighted by Gasteiger charge is 2.40. The van der Waals surface area contributed by atoms with Gasteiger partial charge in [-0.2, -0.15) is 0 Å². The predicted molar refractivity (Wildman–Crippen MR) is 111 cm³/mol. The maximum atomic E-state index is 13.3. The number of rotatable bonds is 5. The number of carbonyl (C=O) groups excluding carboxylic acids is 2. The molecule has 0 atom stereocenters. The summed E-state index contributed by atoms with van der Waals surface area (Å²) in [5, 5.41) is 0.347. The van der Waals surface area contributed by atoms with Crippen molar-refractivity contribution < 1.29 is 14.3 Å². The first-order valence-corrected chi connectivity index (χ1v) is 9.92. The van der Waals surface area contributed by atoms with Gasteiger partial charge in [0.15, 0.2) is 0 Å². The largest absolute Gasteiger partial charge is 0.495 e. The lowest BCUT2D eigenvalue weighted by molar-refractivity contribution is -0.119. The first-order valence-electron chi connectivity index (χ1n) is 8.56. The molecular formula is C21H20ClNO3S. The zero-order valence-electron chi connectivity index (χ0n) is 15.6. The lowest BCUT2D eigenvalue weighted by atomic mass is 9.99. The highest BCUT2D eigenvalue weighted by molar-refractivity contribution is 8.04. The standard InChI is InChI=1S/C21H20ClNO3S/c1-5-27-19-18(15-8-6-12(2)10-13(15)3)20(24)23(21(19)25)14-7-9-17(26-4)16(22)11-14/h6-11H,5H2,1-4H3. The van der Waals surface area contributed by atoms with Crippen LogP contribution < -0.4 is 9.64 Å². The van der Waals surface area contributed by atoms with Crippen LogP contribution in [0.1, 0.15) is 23.6 Å². The second-order valence-electron chi connectivity index (χ2n) is 6.22. The van der Waals surface area contributed by atoms with E-state index in [1.165, 1.54) is 23.8 Å². The summed E-state index contributed by atoms with van der Waals surface area (Å²) in [6.07, 6.45) is 0. The minimum Gasteiger partial charge on any atom is -0.495 e. The van der Waals surface area contributed by atoms with Gasteiger partial charge in [0.1, 0.15) is 5.75 Å². The summed E-state index contributed by atoms with van der Waals surface area (Å²) >= 11 is 7.59. The van der Waals surface area contributed by atoms with Gasteiger partial charge < -0.3 is 4.74 Å². The number of benzene rings is 2. The van der Waals surface area contributed by atoms with Crippen LogP contribution in [0.25, 0.3) is 5.57 Å². The number of halogens is 1. The zero-order chi connectivity index (χ0) is 19.7. The summed E-state index contributed by atoms with van der Waals surface area (Å²) in [7, 11) is 1.52. The Morgan fingerprint density at radius 2 is 1.81 bits per heavy atom. The fourth-order valence-corrected chi connectivity index (χ4v) is 4.25. The third kappa shape index (κ3) is 3.49. The third-order valence-corrected chi connectivity index (χ3v) is 5.63. The third-order valence-electron chi connectivity index (χ3n) is 4.37. The molecule has 27 heavy (non-hydrogen) atoms. The molecule has 0 unspecified atom stereocenters. The molecule has 2 aromatic carbocycles. The number of ether oxygens (including phenoxy) is 1. The van der Waals surface area contributed by atoms with E-state index in [-0.39, 0.29) is 11.8 Å². The number of aryl methyl sites for hydroxylation is 2. The average molecular weight is 402 g/mol. The molecule has 0 saturated heterocycles. The van der Waals surface area contributed by atoms with Gasteiger partial charge in [-0.05, 0) is 48.9 Å². The Hall–Kier alpha value is -2.24. The van der Waals surface area contributed by atoms with Gasteiger partial charge in [-0.25, -0.2) is 4.90 Å². The number of imide groups is 1. The topological polar surface area (TPSA) is 46.6 Å². The molecular weight excluding hydrogens is 382 g/mol. The minimum absolute atomic E-state index is 0.317. The zero-order valence-corrected chi connectivity index (χ0v) is 17.2. The summed E-state index contributed by atoms with van der Waals surface area (Å²) in [6, 6.07) is 10.8. The van der Waals surface area contributed by atoms with Crippen molar-refractivity contribution in [1.82, 2.24) is 0 Å². The molecule has 0 spiro atoms. The lowest BCUT2D eigenvalue weighted by Gasteiger charge is -2.16. The van der Waals surface area contributed by atoms with Crippen LogP contribution in [-0.2, 0) is 9.59 Å². The number of amides is 2. The molecule has 6 heteroatoms. The van der Waals surface area contributed by atoms with Gasteiger partial charge in [0.2, 0.25) is 0 Å². The van der Waals surface area contributed by atoms with Crippen LogP contribution in [0.2, 0.25) is 5.02 Å². The van der Waals surface area contributed by atoms with E-state index in [1.54, 1.807) is 18.2 Å². The van der Waals surface area contributed by atoms with Crippen molar-refractivity contribution in [2.24, 2.45) is 0 Å². The van der Waals surface area contributed by atoms with E-state index in [1.807, 2.05) is 39.0 Å². The van der Waals surface area contributed by atoms with Crippen LogP contribution >= 0.6 is 23.4 Å². The Kier molecular flexibility index (Phi) is 5.63. The van der Waals surface area contributed by atoms with Crippen molar-refractivity contribution in [3.05, 3.63) is 63.0 Å². The quantitative estimate of drug-likeness (QED) is 0.661. The van der Waals surface area contributed by atoms with E-state index in [9.17, 15) is 9.59 Å². The molecule has 1 aliphatic heterocycles. The average Bonchev–Trinajstić information content (AvgIpc) is 2.86. The molecule has 4 nitrogen and oxygen atoms in total. The normalized spacial score (nSPS) is 14.3. The number of hydrogen-bond acceptors (Lipinski definition) is 4. The van der Waals surface area contributed by atoms with Crippen molar-refractivity contribution in [1.29, 1.82) is 0 Å². The second kappa shape index (κ2) is 7.79. The number of nitrogens with zero attached hydrogens (tertiary/aromatic N) is 1. The molecule has 140 valence electrons. The number of anilines is 1. The van der Waals surface area contributed by atoms with Crippen LogP contribution in [-0.4, -0.2) is 24.7 Å². The fourth-order valence-electron chi connectivity index (χ4n) is 3.15. The minimum atomic E-state index is -0.330. The smallest absolute Gasteiger partial charge is 0.272 e. The molecule has 0 bridgehead atoms.